The topological polar surface area (TPSA) is 41.6 Å². The van der Waals surface area contributed by atoms with Crippen molar-refractivity contribution in [2.75, 3.05) is 0 Å². The van der Waals surface area contributed by atoms with Gasteiger partial charge in [0.2, 0.25) is 0 Å². The van der Waals surface area contributed by atoms with Crippen molar-refractivity contribution >= 4 is 23.2 Å². The zero-order chi connectivity index (χ0) is 18.1. The van der Waals surface area contributed by atoms with Crippen LogP contribution in [0.5, 0.6) is 0 Å². The minimum Gasteiger partial charge on any atom is -0.337 e. The first kappa shape index (κ1) is 16.8. The number of hydrogen-bond donors (Lipinski definition) is 1. The van der Waals surface area contributed by atoms with Crippen LogP contribution in [0.15, 0.2) is 67.0 Å². The molecule has 0 bridgehead atoms. The van der Waals surface area contributed by atoms with Crippen molar-refractivity contribution in [1.29, 1.82) is 0 Å². The lowest BCUT2D eigenvalue weighted by atomic mass is 10.1. The van der Waals surface area contributed by atoms with Crippen LogP contribution in [0, 0.1) is 5.82 Å². The molecule has 0 unspecified atom stereocenters. The highest BCUT2D eigenvalue weighted by Gasteiger charge is 2.17. The number of rotatable bonds is 3. The van der Waals surface area contributed by atoms with Crippen LogP contribution in [0.4, 0.5) is 4.39 Å². The number of pyridine rings is 1. The second-order valence-electron chi connectivity index (χ2n) is 5.65. The first-order valence-corrected chi connectivity index (χ1v) is 8.60. The molecule has 4 aromatic rings. The molecule has 3 nitrogen and oxygen atoms in total. The van der Waals surface area contributed by atoms with Gasteiger partial charge in [-0.2, -0.15) is 0 Å². The van der Waals surface area contributed by atoms with Gasteiger partial charge < -0.3 is 4.98 Å². The number of aromatic amines is 1. The second-order valence-corrected chi connectivity index (χ2v) is 6.44. The number of nitrogens with one attached hydrogen (secondary N) is 1. The normalized spacial score (nSPS) is 10.9. The number of aromatic nitrogens is 3. The monoisotopic (exact) mass is 383 g/mol. The minimum atomic E-state index is -0.298. The molecule has 1 N–H and O–H groups in total. The third-order valence-electron chi connectivity index (χ3n) is 4.00. The maximum absolute atomic E-state index is 13.3. The molecular weight excluding hydrogens is 372 g/mol. The molecule has 4 rings (SSSR count). The van der Waals surface area contributed by atoms with Crippen LogP contribution < -0.4 is 0 Å². The molecule has 2 aromatic carbocycles. The van der Waals surface area contributed by atoms with Gasteiger partial charge in [0, 0.05) is 29.1 Å². The Morgan fingerprint density at radius 3 is 2.31 bits per heavy atom. The van der Waals surface area contributed by atoms with Crippen molar-refractivity contribution < 1.29 is 4.39 Å². The van der Waals surface area contributed by atoms with Crippen LogP contribution in [0.2, 0.25) is 10.0 Å². The van der Waals surface area contributed by atoms with Crippen molar-refractivity contribution in [2.24, 2.45) is 0 Å². The molecule has 2 heterocycles. The molecule has 6 heteroatoms. The van der Waals surface area contributed by atoms with Crippen LogP contribution in [0.3, 0.4) is 0 Å². The van der Waals surface area contributed by atoms with E-state index >= 15 is 0 Å². The largest absolute Gasteiger partial charge is 0.337 e. The standard InChI is InChI=1S/C20H12Cl2FN3/c21-16-3-1-2-15(17(16)22)20-25-18(12-4-6-14(23)7-5-12)19(26-20)13-8-10-24-11-9-13/h1-11H,(H,25,26). The summed E-state index contributed by atoms with van der Waals surface area (Å²) in [6.45, 7) is 0. The molecule has 0 atom stereocenters. The van der Waals surface area contributed by atoms with Gasteiger partial charge in [0.15, 0.2) is 0 Å². The van der Waals surface area contributed by atoms with E-state index in [2.05, 4.69) is 9.97 Å². The predicted molar refractivity (Wildman–Crippen MR) is 103 cm³/mol. The van der Waals surface area contributed by atoms with Crippen molar-refractivity contribution in [1.82, 2.24) is 15.0 Å². The Morgan fingerprint density at radius 2 is 1.58 bits per heavy atom. The van der Waals surface area contributed by atoms with E-state index in [1.54, 1.807) is 30.6 Å². The Kier molecular flexibility index (Phi) is 4.45. The Bertz CT molecular complexity index is 1060. The molecular formula is C20H12Cl2FN3. The molecule has 0 radical (unpaired) electrons. The number of nitrogens with zero attached hydrogens (tertiary/aromatic N) is 2. The fourth-order valence-electron chi connectivity index (χ4n) is 2.73. The van der Waals surface area contributed by atoms with E-state index in [1.165, 1.54) is 12.1 Å². The summed E-state index contributed by atoms with van der Waals surface area (Å²) in [7, 11) is 0. The molecule has 128 valence electrons. The Hall–Kier alpha value is -2.69. The van der Waals surface area contributed by atoms with Gasteiger partial charge >= 0.3 is 0 Å². The number of benzene rings is 2. The first-order valence-electron chi connectivity index (χ1n) is 7.84. The van der Waals surface area contributed by atoms with Crippen molar-refractivity contribution in [3.05, 3.63) is 82.9 Å². The van der Waals surface area contributed by atoms with Crippen molar-refractivity contribution in [2.45, 2.75) is 0 Å². The summed E-state index contributed by atoms with van der Waals surface area (Å²) < 4.78 is 13.3. The van der Waals surface area contributed by atoms with Gasteiger partial charge in [-0.1, -0.05) is 29.3 Å². The summed E-state index contributed by atoms with van der Waals surface area (Å²) in [6, 6.07) is 15.3. The van der Waals surface area contributed by atoms with E-state index in [-0.39, 0.29) is 5.82 Å². The summed E-state index contributed by atoms with van der Waals surface area (Å²) >= 11 is 12.5. The lowest BCUT2D eigenvalue weighted by Crippen LogP contribution is -1.84. The SMILES string of the molecule is Fc1ccc(-c2nc(-c3cccc(Cl)c3Cl)[nH]c2-c2ccncc2)cc1. The van der Waals surface area contributed by atoms with E-state index in [4.69, 9.17) is 28.2 Å². The molecule has 0 saturated carbocycles. The average molecular weight is 384 g/mol. The summed E-state index contributed by atoms with van der Waals surface area (Å²) in [5, 5.41) is 0.879. The van der Waals surface area contributed by atoms with Crippen LogP contribution in [0.1, 0.15) is 0 Å². The molecule has 2 aromatic heterocycles. The van der Waals surface area contributed by atoms with Gasteiger partial charge in [0.05, 0.1) is 21.4 Å². The van der Waals surface area contributed by atoms with Crippen LogP contribution in [0.25, 0.3) is 33.9 Å². The van der Waals surface area contributed by atoms with Crippen molar-refractivity contribution in [3.8, 4) is 33.9 Å². The smallest absolute Gasteiger partial charge is 0.140 e. The molecule has 0 fully saturated rings. The molecule has 0 amide bonds. The Labute approximate surface area is 159 Å². The van der Waals surface area contributed by atoms with Gasteiger partial charge in [-0.25, -0.2) is 9.37 Å². The van der Waals surface area contributed by atoms with E-state index in [1.807, 2.05) is 24.3 Å². The third kappa shape index (κ3) is 3.09. The number of H-pyrrole nitrogens is 1. The highest BCUT2D eigenvalue weighted by atomic mass is 35.5. The zero-order valence-corrected chi connectivity index (χ0v) is 14.9. The highest BCUT2D eigenvalue weighted by Crippen LogP contribution is 2.37. The molecule has 0 saturated heterocycles. The highest BCUT2D eigenvalue weighted by molar-refractivity contribution is 6.43. The van der Waals surface area contributed by atoms with Crippen LogP contribution in [-0.4, -0.2) is 15.0 Å². The van der Waals surface area contributed by atoms with E-state index in [9.17, 15) is 4.39 Å². The van der Waals surface area contributed by atoms with Gasteiger partial charge in [0.1, 0.15) is 11.6 Å². The maximum atomic E-state index is 13.3. The van der Waals surface area contributed by atoms with Crippen molar-refractivity contribution in [3.63, 3.8) is 0 Å². The zero-order valence-electron chi connectivity index (χ0n) is 13.4. The summed E-state index contributed by atoms with van der Waals surface area (Å²) in [6.07, 6.45) is 3.41. The van der Waals surface area contributed by atoms with E-state index in [0.717, 1.165) is 16.8 Å². The van der Waals surface area contributed by atoms with E-state index < -0.39 is 0 Å². The van der Waals surface area contributed by atoms with Gasteiger partial charge in [-0.3, -0.25) is 4.98 Å². The molecule has 26 heavy (non-hydrogen) atoms. The lowest BCUT2D eigenvalue weighted by Gasteiger charge is -2.02. The predicted octanol–water partition coefficient (Wildman–Crippen LogP) is 6.25. The molecule has 0 spiro atoms. The second kappa shape index (κ2) is 6.90. The third-order valence-corrected chi connectivity index (χ3v) is 4.82. The molecule has 0 aliphatic carbocycles. The molecule has 0 aliphatic heterocycles. The summed E-state index contributed by atoms with van der Waals surface area (Å²) in [5.74, 6) is 0.288. The number of halogens is 3. The fourth-order valence-corrected chi connectivity index (χ4v) is 3.12. The van der Waals surface area contributed by atoms with Crippen LogP contribution >= 0.6 is 23.2 Å². The Morgan fingerprint density at radius 1 is 0.846 bits per heavy atom. The average Bonchev–Trinajstić information content (AvgIpc) is 3.10. The quantitative estimate of drug-likeness (QED) is 0.454. The summed E-state index contributed by atoms with van der Waals surface area (Å²) in [5.41, 5.74) is 3.89. The van der Waals surface area contributed by atoms with Crippen LogP contribution in [-0.2, 0) is 0 Å². The maximum Gasteiger partial charge on any atom is 0.140 e. The van der Waals surface area contributed by atoms with Gasteiger partial charge in [-0.05, 0) is 48.5 Å². The minimum absolute atomic E-state index is 0.298. The number of hydrogen-bond acceptors (Lipinski definition) is 2. The number of imidazole rings is 1. The summed E-state index contributed by atoms with van der Waals surface area (Å²) in [4.78, 5) is 12.1. The van der Waals surface area contributed by atoms with E-state index in [0.29, 0.717) is 27.1 Å². The Balaban J connectivity index is 1.93. The lowest BCUT2D eigenvalue weighted by molar-refractivity contribution is 0.628. The fraction of sp³-hybridized carbons (Fsp3) is 0. The van der Waals surface area contributed by atoms with Gasteiger partial charge in [-0.15, -0.1) is 0 Å². The van der Waals surface area contributed by atoms with Gasteiger partial charge in [0.25, 0.3) is 0 Å². The first-order chi connectivity index (χ1) is 12.6. The molecule has 0 aliphatic rings.